The van der Waals surface area contributed by atoms with E-state index >= 15 is 0 Å². The number of halogens is 1. The summed E-state index contributed by atoms with van der Waals surface area (Å²) < 4.78 is 18.2. The van der Waals surface area contributed by atoms with E-state index in [-0.39, 0.29) is 12.4 Å². The minimum Gasteiger partial charge on any atom is -0.443 e. The SMILES string of the molecule is O=C(NCC1CCN(c2ccc(-c3ccc(F)cc3)cn2)C1)OCc1cscn1. The molecule has 1 unspecified atom stereocenters. The van der Waals surface area contributed by atoms with Crippen LogP contribution in [-0.4, -0.2) is 35.7 Å². The highest BCUT2D eigenvalue weighted by molar-refractivity contribution is 7.07. The zero-order valence-electron chi connectivity index (χ0n) is 15.8. The van der Waals surface area contributed by atoms with E-state index in [1.165, 1.54) is 23.5 Å². The maximum atomic E-state index is 13.1. The molecule has 0 aliphatic carbocycles. The predicted molar refractivity (Wildman–Crippen MR) is 110 cm³/mol. The van der Waals surface area contributed by atoms with Crippen LogP contribution in [0.2, 0.25) is 0 Å². The number of nitrogens with zero attached hydrogens (tertiary/aromatic N) is 3. The van der Waals surface area contributed by atoms with E-state index in [0.717, 1.165) is 42.1 Å². The van der Waals surface area contributed by atoms with Gasteiger partial charge in [-0.1, -0.05) is 12.1 Å². The van der Waals surface area contributed by atoms with Crippen LogP contribution in [0.25, 0.3) is 11.1 Å². The van der Waals surface area contributed by atoms with Crippen molar-refractivity contribution in [3.8, 4) is 11.1 Å². The lowest BCUT2D eigenvalue weighted by molar-refractivity contribution is 0.137. The Balaban J connectivity index is 1.25. The third kappa shape index (κ3) is 5.08. The molecule has 3 heterocycles. The molecule has 0 saturated carbocycles. The van der Waals surface area contributed by atoms with Crippen LogP contribution in [-0.2, 0) is 11.3 Å². The van der Waals surface area contributed by atoms with Crippen LogP contribution < -0.4 is 10.2 Å². The standard InChI is InChI=1S/C21H21FN4O2S/c22-18-4-1-16(2-5-18)17-3-6-20(23-10-17)26-8-7-15(11-26)9-24-21(27)28-12-19-13-29-14-25-19/h1-6,10,13-15H,7-9,11-12H2,(H,24,27). The third-order valence-electron chi connectivity index (χ3n) is 4.90. The molecule has 2 aromatic heterocycles. The number of pyridine rings is 1. The van der Waals surface area contributed by atoms with Crippen molar-refractivity contribution in [2.24, 2.45) is 5.92 Å². The third-order valence-corrected chi connectivity index (χ3v) is 5.54. The normalized spacial score (nSPS) is 16.0. The average molecular weight is 412 g/mol. The van der Waals surface area contributed by atoms with Crippen LogP contribution in [0.1, 0.15) is 12.1 Å². The lowest BCUT2D eigenvalue weighted by Crippen LogP contribution is -2.31. The summed E-state index contributed by atoms with van der Waals surface area (Å²) in [6.45, 7) is 2.48. The Morgan fingerprint density at radius 1 is 1.21 bits per heavy atom. The van der Waals surface area contributed by atoms with Crippen molar-refractivity contribution < 1.29 is 13.9 Å². The summed E-state index contributed by atoms with van der Waals surface area (Å²) in [4.78, 5) is 22.7. The number of carbonyl (C=O) groups is 1. The monoisotopic (exact) mass is 412 g/mol. The van der Waals surface area contributed by atoms with E-state index in [1.54, 1.807) is 17.6 Å². The van der Waals surface area contributed by atoms with Crippen LogP contribution in [0.4, 0.5) is 15.0 Å². The van der Waals surface area contributed by atoms with Gasteiger partial charge in [-0.3, -0.25) is 0 Å². The molecule has 1 aromatic carbocycles. The van der Waals surface area contributed by atoms with Gasteiger partial charge in [0.25, 0.3) is 0 Å². The number of alkyl carbamates (subject to hydrolysis) is 1. The molecule has 4 rings (SSSR count). The van der Waals surface area contributed by atoms with Crippen LogP contribution >= 0.6 is 11.3 Å². The fourth-order valence-electron chi connectivity index (χ4n) is 3.32. The van der Waals surface area contributed by atoms with Gasteiger partial charge in [0.15, 0.2) is 0 Å². The number of nitrogens with one attached hydrogen (secondary N) is 1. The molecule has 0 bridgehead atoms. The molecule has 1 N–H and O–H groups in total. The number of amides is 1. The van der Waals surface area contributed by atoms with Crippen LogP contribution in [0.5, 0.6) is 0 Å². The van der Waals surface area contributed by atoms with E-state index in [9.17, 15) is 9.18 Å². The summed E-state index contributed by atoms with van der Waals surface area (Å²) >= 11 is 1.47. The van der Waals surface area contributed by atoms with E-state index in [0.29, 0.717) is 12.5 Å². The molecule has 0 spiro atoms. The molecule has 6 nitrogen and oxygen atoms in total. The van der Waals surface area contributed by atoms with Gasteiger partial charge in [0.1, 0.15) is 18.2 Å². The molecule has 29 heavy (non-hydrogen) atoms. The Morgan fingerprint density at radius 2 is 2.03 bits per heavy atom. The van der Waals surface area contributed by atoms with Gasteiger partial charge in [-0.25, -0.2) is 19.2 Å². The van der Waals surface area contributed by atoms with Crippen molar-refractivity contribution in [2.75, 3.05) is 24.5 Å². The van der Waals surface area contributed by atoms with Crippen LogP contribution in [0.15, 0.2) is 53.5 Å². The lowest BCUT2D eigenvalue weighted by atomic mass is 10.1. The lowest BCUT2D eigenvalue weighted by Gasteiger charge is -2.18. The first-order valence-corrected chi connectivity index (χ1v) is 10.4. The molecular formula is C21H21FN4O2S. The maximum absolute atomic E-state index is 13.1. The van der Waals surface area contributed by atoms with Crippen LogP contribution in [0, 0.1) is 11.7 Å². The molecule has 150 valence electrons. The van der Waals surface area contributed by atoms with Crippen molar-refractivity contribution in [1.82, 2.24) is 15.3 Å². The Bertz CT molecular complexity index is 932. The zero-order chi connectivity index (χ0) is 20.1. The van der Waals surface area contributed by atoms with E-state index < -0.39 is 6.09 Å². The van der Waals surface area contributed by atoms with E-state index in [2.05, 4.69) is 20.2 Å². The largest absolute Gasteiger partial charge is 0.443 e. The highest BCUT2D eigenvalue weighted by Gasteiger charge is 2.24. The molecule has 0 radical (unpaired) electrons. The highest BCUT2D eigenvalue weighted by atomic mass is 32.1. The fraction of sp³-hybridized carbons (Fsp3) is 0.286. The summed E-state index contributed by atoms with van der Waals surface area (Å²) in [7, 11) is 0. The van der Waals surface area contributed by atoms with Gasteiger partial charge in [0.2, 0.25) is 0 Å². The second-order valence-electron chi connectivity index (χ2n) is 6.95. The van der Waals surface area contributed by atoms with Crippen molar-refractivity contribution in [3.05, 3.63) is 65.0 Å². The summed E-state index contributed by atoms with van der Waals surface area (Å²) in [5, 5.41) is 4.69. The smallest absolute Gasteiger partial charge is 0.407 e. The number of hydrogen-bond acceptors (Lipinski definition) is 6. The summed E-state index contributed by atoms with van der Waals surface area (Å²) in [5.41, 5.74) is 4.36. The number of thiazole rings is 1. The first-order chi connectivity index (χ1) is 14.2. The second kappa shape index (κ2) is 9.00. The van der Waals surface area contributed by atoms with Gasteiger partial charge in [0.05, 0.1) is 11.2 Å². The molecule has 8 heteroatoms. The molecule has 3 aromatic rings. The molecule has 1 aliphatic heterocycles. The zero-order valence-corrected chi connectivity index (χ0v) is 16.6. The summed E-state index contributed by atoms with van der Waals surface area (Å²) in [5.74, 6) is 1.01. The summed E-state index contributed by atoms with van der Waals surface area (Å²) in [6, 6.07) is 10.4. The van der Waals surface area contributed by atoms with Crippen molar-refractivity contribution in [1.29, 1.82) is 0 Å². The van der Waals surface area contributed by atoms with Gasteiger partial charge in [0, 0.05) is 36.8 Å². The molecule has 1 amide bonds. The second-order valence-corrected chi connectivity index (χ2v) is 7.67. The average Bonchev–Trinajstić information content (AvgIpc) is 3.44. The Kier molecular flexibility index (Phi) is 6.00. The first-order valence-electron chi connectivity index (χ1n) is 9.42. The maximum Gasteiger partial charge on any atom is 0.407 e. The van der Waals surface area contributed by atoms with Gasteiger partial charge in [-0.15, -0.1) is 11.3 Å². The number of carbonyl (C=O) groups excluding carboxylic acids is 1. The Hall–Kier alpha value is -3.00. The summed E-state index contributed by atoms with van der Waals surface area (Å²) in [6.07, 6.45) is 2.37. The minimum absolute atomic E-state index is 0.191. The number of rotatable bonds is 6. The fourth-order valence-corrected chi connectivity index (χ4v) is 3.86. The van der Waals surface area contributed by atoms with Crippen molar-refractivity contribution in [3.63, 3.8) is 0 Å². The van der Waals surface area contributed by atoms with Crippen molar-refractivity contribution in [2.45, 2.75) is 13.0 Å². The molecule has 1 saturated heterocycles. The molecular weight excluding hydrogens is 391 g/mol. The number of anilines is 1. The van der Waals surface area contributed by atoms with E-state index in [1.807, 2.05) is 23.7 Å². The topological polar surface area (TPSA) is 67.4 Å². The van der Waals surface area contributed by atoms with Gasteiger partial charge >= 0.3 is 6.09 Å². The molecule has 1 fully saturated rings. The molecule has 1 atom stereocenters. The number of hydrogen-bond donors (Lipinski definition) is 1. The number of benzene rings is 1. The molecule has 1 aliphatic rings. The Morgan fingerprint density at radius 3 is 2.76 bits per heavy atom. The number of aromatic nitrogens is 2. The first kappa shape index (κ1) is 19.3. The minimum atomic E-state index is -0.418. The van der Waals surface area contributed by atoms with Gasteiger partial charge in [-0.2, -0.15) is 0 Å². The van der Waals surface area contributed by atoms with Gasteiger partial charge < -0.3 is 15.0 Å². The predicted octanol–water partition coefficient (Wildman–Crippen LogP) is 4.10. The quantitative estimate of drug-likeness (QED) is 0.660. The Labute approximate surface area is 172 Å². The highest BCUT2D eigenvalue weighted by Crippen LogP contribution is 2.25. The van der Waals surface area contributed by atoms with Crippen LogP contribution in [0.3, 0.4) is 0 Å². The van der Waals surface area contributed by atoms with Gasteiger partial charge in [-0.05, 0) is 42.2 Å². The van der Waals surface area contributed by atoms with E-state index in [4.69, 9.17) is 4.74 Å². The number of ether oxygens (including phenoxy) is 1. The van der Waals surface area contributed by atoms with Crippen molar-refractivity contribution >= 4 is 23.2 Å².